The van der Waals surface area contributed by atoms with Gasteiger partial charge in [0.05, 0.1) is 12.2 Å². The highest BCUT2D eigenvalue weighted by Crippen LogP contribution is 2.11. The number of aliphatic carboxylic acids is 2. The van der Waals surface area contributed by atoms with Crippen LogP contribution in [0.4, 0.5) is 0 Å². The van der Waals surface area contributed by atoms with Gasteiger partial charge in [-0.25, -0.2) is 18.0 Å². The molecule has 9 nitrogen and oxygen atoms in total. The molecule has 0 spiro atoms. The molecule has 1 aliphatic rings. The van der Waals surface area contributed by atoms with E-state index in [4.69, 9.17) is 19.8 Å². The number of carboxylic acid groups (broad SMARTS) is 2. The first-order chi connectivity index (χ1) is 12.7. The first-order valence-corrected chi connectivity index (χ1v) is 10.0. The summed E-state index contributed by atoms with van der Waals surface area (Å²) in [6.45, 7) is 3.63. The molecule has 0 aliphatic carbocycles. The zero-order valence-corrected chi connectivity index (χ0v) is 15.9. The molecule has 0 unspecified atom stereocenters. The number of sulfonamides is 1. The molecule has 1 amide bonds. The van der Waals surface area contributed by atoms with Gasteiger partial charge >= 0.3 is 11.9 Å². The topological polar surface area (TPSA) is 132 Å². The van der Waals surface area contributed by atoms with Gasteiger partial charge in [0.25, 0.3) is 0 Å². The largest absolute Gasteiger partial charge is 0.473 e. The highest BCUT2D eigenvalue weighted by Gasteiger charge is 2.27. The molecule has 2 N–H and O–H groups in total. The molecular weight excluding hydrogens is 376 g/mol. The average molecular weight is 400 g/mol. The lowest BCUT2D eigenvalue weighted by Gasteiger charge is -2.34. The average Bonchev–Trinajstić information content (AvgIpc) is 2.63. The first-order valence-electron chi connectivity index (χ1n) is 8.43. The Balaban J connectivity index is 0.000000527. The van der Waals surface area contributed by atoms with Crippen LogP contribution < -0.4 is 0 Å². The Hall–Kier alpha value is -2.46. The summed E-state index contributed by atoms with van der Waals surface area (Å²) in [5.41, 5.74) is 0.989. The number of carboxylic acids is 2. The van der Waals surface area contributed by atoms with E-state index >= 15 is 0 Å². The van der Waals surface area contributed by atoms with Gasteiger partial charge in [-0.1, -0.05) is 37.3 Å². The van der Waals surface area contributed by atoms with Crippen molar-refractivity contribution in [3.05, 3.63) is 35.9 Å². The number of hydrogen-bond donors (Lipinski definition) is 2. The van der Waals surface area contributed by atoms with Crippen LogP contribution in [0.15, 0.2) is 30.3 Å². The predicted molar refractivity (Wildman–Crippen MR) is 97.6 cm³/mol. The van der Waals surface area contributed by atoms with Crippen LogP contribution in [0.5, 0.6) is 0 Å². The van der Waals surface area contributed by atoms with Gasteiger partial charge in [-0.15, -0.1) is 0 Å². The van der Waals surface area contributed by atoms with Gasteiger partial charge in [0, 0.05) is 26.2 Å². The highest BCUT2D eigenvalue weighted by atomic mass is 32.2. The maximum absolute atomic E-state index is 12.2. The summed E-state index contributed by atoms with van der Waals surface area (Å²) in [5, 5.41) is 14.8. The van der Waals surface area contributed by atoms with Crippen molar-refractivity contribution in [1.29, 1.82) is 0 Å². The van der Waals surface area contributed by atoms with Crippen molar-refractivity contribution in [1.82, 2.24) is 9.21 Å². The van der Waals surface area contributed by atoms with E-state index in [1.165, 1.54) is 4.31 Å². The molecule has 150 valence electrons. The number of carbonyl (C=O) groups excluding carboxylic acids is 1. The van der Waals surface area contributed by atoms with Crippen molar-refractivity contribution in [3.63, 3.8) is 0 Å². The Bertz CT molecular complexity index is 730. The molecule has 0 radical (unpaired) electrons. The molecule has 1 heterocycles. The minimum atomic E-state index is -3.15. The number of amides is 1. The van der Waals surface area contributed by atoms with Crippen LogP contribution in [0.2, 0.25) is 0 Å². The van der Waals surface area contributed by atoms with E-state index in [1.807, 2.05) is 37.3 Å². The SMILES string of the molecule is CCCS(=O)(=O)N1CCN(C(=O)Cc2ccccc2)CC1.O=C(O)C(=O)O. The predicted octanol–water partition coefficient (Wildman–Crippen LogP) is 0.269. The molecular formula is C17H24N2O7S. The molecule has 1 fully saturated rings. The third-order valence-corrected chi connectivity index (χ3v) is 5.90. The number of rotatable bonds is 5. The van der Waals surface area contributed by atoms with Crippen LogP contribution in [-0.2, 0) is 30.8 Å². The van der Waals surface area contributed by atoms with Crippen molar-refractivity contribution >= 4 is 27.9 Å². The van der Waals surface area contributed by atoms with Crippen LogP contribution in [0.1, 0.15) is 18.9 Å². The summed E-state index contributed by atoms with van der Waals surface area (Å²) in [7, 11) is -3.15. The molecule has 27 heavy (non-hydrogen) atoms. The third-order valence-electron chi connectivity index (χ3n) is 3.83. The fourth-order valence-corrected chi connectivity index (χ4v) is 3.98. The van der Waals surface area contributed by atoms with Crippen molar-refractivity contribution in [2.45, 2.75) is 19.8 Å². The second kappa shape index (κ2) is 10.6. The number of hydrogen-bond acceptors (Lipinski definition) is 5. The maximum Gasteiger partial charge on any atom is 0.414 e. The monoisotopic (exact) mass is 400 g/mol. The fourth-order valence-electron chi connectivity index (χ4n) is 2.49. The van der Waals surface area contributed by atoms with Crippen LogP contribution in [0.25, 0.3) is 0 Å². The Morgan fingerprint density at radius 3 is 1.93 bits per heavy atom. The summed E-state index contributed by atoms with van der Waals surface area (Å²) in [6, 6.07) is 9.61. The fraction of sp³-hybridized carbons (Fsp3) is 0.471. The number of benzene rings is 1. The zero-order chi connectivity index (χ0) is 20.4. The molecule has 1 saturated heterocycles. The zero-order valence-electron chi connectivity index (χ0n) is 15.1. The van der Waals surface area contributed by atoms with Crippen LogP contribution >= 0.6 is 0 Å². The molecule has 0 aromatic heterocycles. The van der Waals surface area contributed by atoms with Gasteiger partial charge in [-0.05, 0) is 12.0 Å². The molecule has 1 aromatic rings. The van der Waals surface area contributed by atoms with E-state index in [9.17, 15) is 13.2 Å². The van der Waals surface area contributed by atoms with Crippen LogP contribution in [0, 0.1) is 0 Å². The Labute approximate surface area is 158 Å². The summed E-state index contributed by atoms with van der Waals surface area (Å²) in [6.07, 6.45) is 0.998. The van der Waals surface area contributed by atoms with Gasteiger partial charge in [0.15, 0.2) is 0 Å². The summed E-state index contributed by atoms with van der Waals surface area (Å²) in [5.74, 6) is -3.40. The van der Waals surface area contributed by atoms with Crippen LogP contribution in [0.3, 0.4) is 0 Å². The molecule has 0 saturated carbocycles. The molecule has 0 atom stereocenters. The van der Waals surface area contributed by atoms with E-state index in [1.54, 1.807) is 4.90 Å². The van der Waals surface area contributed by atoms with Crippen molar-refractivity contribution < 1.29 is 33.0 Å². The number of carbonyl (C=O) groups is 3. The van der Waals surface area contributed by atoms with Crippen molar-refractivity contribution in [2.75, 3.05) is 31.9 Å². The lowest BCUT2D eigenvalue weighted by Crippen LogP contribution is -2.51. The van der Waals surface area contributed by atoms with E-state index in [2.05, 4.69) is 0 Å². The van der Waals surface area contributed by atoms with Gasteiger partial charge in [0.1, 0.15) is 0 Å². The van der Waals surface area contributed by atoms with Gasteiger partial charge in [0.2, 0.25) is 15.9 Å². The number of piperazine rings is 1. The normalized spacial score (nSPS) is 14.8. The third kappa shape index (κ3) is 7.75. The Kier molecular flexibility index (Phi) is 8.89. The van der Waals surface area contributed by atoms with E-state index < -0.39 is 22.0 Å². The first kappa shape index (κ1) is 22.6. The second-order valence-electron chi connectivity index (χ2n) is 5.87. The van der Waals surface area contributed by atoms with Gasteiger partial charge in [-0.3, -0.25) is 4.79 Å². The Morgan fingerprint density at radius 2 is 1.48 bits per heavy atom. The van der Waals surface area contributed by atoms with Gasteiger partial charge < -0.3 is 15.1 Å². The van der Waals surface area contributed by atoms with Crippen LogP contribution in [-0.4, -0.2) is 77.6 Å². The lowest BCUT2D eigenvalue weighted by molar-refractivity contribution is -0.159. The van der Waals surface area contributed by atoms with E-state index in [0.717, 1.165) is 5.56 Å². The van der Waals surface area contributed by atoms with E-state index in [-0.39, 0.29) is 11.7 Å². The smallest absolute Gasteiger partial charge is 0.414 e. The van der Waals surface area contributed by atoms with E-state index in [0.29, 0.717) is 39.0 Å². The van der Waals surface area contributed by atoms with Crippen molar-refractivity contribution in [2.24, 2.45) is 0 Å². The minimum Gasteiger partial charge on any atom is -0.473 e. The molecule has 1 aromatic carbocycles. The summed E-state index contributed by atoms with van der Waals surface area (Å²) >= 11 is 0. The maximum atomic E-state index is 12.2. The molecule has 0 bridgehead atoms. The van der Waals surface area contributed by atoms with Crippen molar-refractivity contribution in [3.8, 4) is 0 Å². The summed E-state index contributed by atoms with van der Waals surface area (Å²) in [4.78, 5) is 32.2. The molecule has 10 heteroatoms. The molecule has 2 rings (SSSR count). The minimum absolute atomic E-state index is 0.0636. The molecule has 1 aliphatic heterocycles. The highest BCUT2D eigenvalue weighted by molar-refractivity contribution is 7.89. The quantitative estimate of drug-likeness (QED) is 0.678. The standard InChI is InChI=1S/C15H22N2O3S.C2H2O4/c1-2-12-21(19,20)17-10-8-16(9-11-17)15(18)13-14-6-4-3-5-7-14;3-1(4)2(5)6/h3-7H,2,8-13H2,1H3;(H,3,4)(H,5,6). The summed E-state index contributed by atoms with van der Waals surface area (Å²) < 4.78 is 25.5. The Morgan fingerprint density at radius 1 is 0.963 bits per heavy atom. The van der Waals surface area contributed by atoms with Gasteiger partial charge in [-0.2, -0.15) is 4.31 Å². The second-order valence-corrected chi connectivity index (χ2v) is 7.96. The number of nitrogens with zero attached hydrogens (tertiary/aromatic N) is 2. The lowest BCUT2D eigenvalue weighted by atomic mass is 10.1.